The third-order valence-electron chi connectivity index (χ3n) is 5.25. The summed E-state index contributed by atoms with van der Waals surface area (Å²) in [7, 11) is 1.80. The van der Waals surface area contributed by atoms with Crippen LogP contribution in [0.5, 0.6) is 0 Å². The summed E-state index contributed by atoms with van der Waals surface area (Å²) in [6.45, 7) is 10.3. The van der Waals surface area contributed by atoms with Gasteiger partial charge in [-0.1, -0.05) is 19.1 Å². The molecule has 2 aromatic rings. The molecular weight excluding hydrogens is 354 g/mol. The minimum atomic E-state index is 0.700. The van der Waals surface area contributed by atoms with E-state index in [4.69, 9.17) is 0 Å². The quantitative estimate of drug-likeness (QED) is 0.606. The molecule has 5 nitrogen and oxygen atoms in total. The lowest BCUT2D eigenvalue weighted by Crippen LogP contribution is -2.36. The molecule has 0 unspecified atom stereocenters. The fourth-order valence-electron chi connectivity index (χ4n) is 3.27. The molecule has 1 saturated heterocycles. The average molecular weight is 386 g/mol. The smallest absolute Gasteiger partial charge is 0.191 e. The molecule has 1 fully saturated rings. The standard InChI is InChI=1S/C21H31N5S/c1-15-9-11-26(12-10-15)19-7-5-18(6-8-19)13-23-21(22-4)24-14-20-25-16(2)17(3)27-20/h5-8,15H,9-14H2,1-4H3,(H2,22,23,24). The van der Waals surface area contributed by atoms with E-state index < -0.39 is 0 Å². The Morgan fingerprint density at radius 1 is 1.15 bits per heavy atom. The first-order valence-electron chi connectivity index (χ1n) is 9.76. The van der Waals surface area contributed by atoms with E-state index in [-0.39, 0.29) is 0 Å². The molecule has 0 bridgehead atoms. The zero-order valence-electron chi connectivity index (χ0n) is 16.9. The molecular formula is C21H31N5S. The van der Waals surface area contributed by atoms with Crippen LogP contribution < -0.4 is 15.5 Å². The third-order valence-corrected chi connectivity index (χ3v) is 6.32. The van der Waals surface area contributed by atoms with Crippen LogP contribution in [0, 0.1) is 19.8 Å². The minimum absolute atomic E-state index is 0.700. The molecule has 1 aliphatic heterocycles. The van der Waals surface area contributed by atoms with E-state index in [1.165, 1.54) is 42.1 Å². The fraction of sp³-hybridized carbons (Fsp3) is 0.524. The number of anilines is 1. The molecule has 0 radical (unpaired) electrons. The van der Waals surface area contributed by atoms with Gasteiger partial charge in [-0.3, -0.25) is 4.99 Å². The van der Waals surface area contributed by atoms with Crippen molar-refractivity contribution in [1.82, 2.24) is 15.6 Å². The zero-order valence-corrected chi connectivity index (χ0v) is 17.7. The summed E-state index contributed by atoms with van der Waals surface area (Å²) in [5, 5.41) is 7.82. The van der Waals surface area contributed by atoms with Gasteiger partial charge in [0.25, 0.3) is 0 Å². The molecule has 2 heterocycles. The van der Waals surface area contributed by atoms with Gasteiger partial charge < -0.3 is 15.5 Å². The second-order valence-electron chi connectivity index (χ2n) is 7.36. The predicted molar refractivity (Wildman–Crippen MR) is 116 cm³/mol. The minimum Gasteiger partial charge on any atom is -0.372 e. The Bertz CT molecular complexity index is 738. The lowest BCUT2D eigenvalue weighted by Gasteiger charge is -2.32. The Labute approximate surface area is 166 Å². The van der Waals surface area contributed by atoms with Gasteiger partial charge in [0.05, 0.1) is 12.2 Å². The van der Waals surface area contributed by atoms with E-state index in [1.54, 1.807) is 18.4 Å². The van der Waals surface area contributed by atoms with E-state index >= 15 is 0 Å². The second-order valence-corrected chi connectivity index (χ2v) is 8.65. The number of benzene rings is 1. The van der Waals surface area contributed by atoms with Crippen LogP contribution in [0.3, 0.4) is 0 Å². The van der Waals surface area contributed by atoms with Crippen LogP contribution in [-0.4, -0.2) is 31.1 Å². The number of nitrogens with zero attached hydrogens (tertiary/aromatic N) is 3. The first kappa shape index (κ1) is 19.7. The highest BCUT2D eigenvalue weighted by Crippen LogP contribution is 2.23. The van der Waals surface area contributed by atoms with Crippen molar-refractivity contribution < 1.29 is 0 Å². The van der Waals surface area contributed by atoms with Crippen LogP contribution in [0.1, 0.15) is 40.9 Å². The summed E-state index contributed by atoms with van der Waals surface area (Å²) in [4.78, 5) is 12.6. The zero-order chi connectivity index (χ0) is 19.2. The van der Waals surface area contributed by atoms with Crippen LogP contribution >= 0.6 is 11.3 Å². The highest BCUT2D eigenvalue weighted by molar-refractivity contribution is 7.11. The Morgan fingerprint density at radius 3 is 2.41 bits per heavy atom. The second kappa shape index (κ2) is 9.22. The van der Waals surface area contributed by atoms with Gasteiger partial charge in [-0.05, 0) is 50.3 Å². The number of thiazole rings is 1. The Hall–Kier alpha value is -2.08. The molecule has 1 aromatic heterocycles. The van der Waals surface area contributed by atoms with Crippen molar-refractivity contribution >= 4 is 23.0 Å². The SMILES string of the molecule is CN=C(NCc1ccc(N2CCC(C)CC2)cc1)NCc1nc(C)c(C)s1. The van der Waals surface area contributed by atoms with Crippen LogP contribution in [-0.2, 0) is 13.1 Å². The first-order valence-corrected chi connectivity index (χ1v) is 10.6. The van der Waals surface area contributed by atoms with Gasteiger partial charge in [0.15, 0.2) is 5.96 Å². The molecule has 0 atom stereocenters. The largest absolute Gasteiger partial charge is 0.372 e. The molecule has 0 spiro atoms. The normalized spacial score (nSPS) is 15.9. The van der Waals surface area contributed by atoms with Crippen LogP contribution in [0.15, 0.2) is 29.3 Å². The number of aryl methyl sites for hydroxylation is 2. The molecule has 2 N–H and O–H groups in total. The molecule has 0 aliphatic carbocycles. The van der Waals surface area contributed by atoms with E-state index in [1.807, 2.05) is 0 Å². The van der Waals surface area contributed by atoms with Crippen molar-refractivity contribution in [3.63, 3.8) is 0 Å². The van der Waals surface area contributed by atoms with Crippen molar-refractivity contribution in [2.45, 2.75) is 46.7 Å². The van der Waals surface area contributed by atoms with Gasteiger partial charge in [0, 0.05) is 37.2 Å². The third kappa shape index (κ3) is 5.45. The van der Waals surface area contributed by atoms with Crippen LogP contribution in [0.25, 0.3) is 0 Å². The van der Waals surface area contributed by atoms with Crippen molar-refractivity contribution in [2.24, 2.45) is 10.9 Å². The summed E-state index contributed by atoms with van der Waals surface area (Å²) >= 11 is 1.74. The van der Waals surface area contributed by atoms with Gasteiger partial charge in [-0.25, -0.2) is 4.98 Å². The molecule has 146 valence electrons. The number of guanidine groups is 1. The van der Waals surface area contributed by atoms with Crippen molar-refractivity contribution in [3.05, 3.63) is 45.4 Å². The highest BCUT2D eigenvalue weighted by atomic mass is 32.1. The highest BCUT2D eigenvalue weighted by Gasteiger charge is 2.15. The van der Waals surface area contributed by atoms with E-state index in [2.05, 4.69) is 70.5 Å². The maximum atomic E-state index is 4.56. The number of aliphatic imine (C=N–C) groups is 1. The summed E-state index contributed by atoms with van der Waals surface area (Å²) in [5.41, 5.74) is 3.71. The van der Waals surface area contributed by atoms with Crippen molar-refractivity contribution in [3.8, 4) is 0 Å². The number of piperidine rings is 1. The average Bonchev–Trinajstić information content (AvgIpc) is 3.01. The van der Waals surface area contributed by atoms with E-state index in [0.717, 1.165) is 29.1 Å². The summed E-state index contributed by atoms with van der Waals surface area (Å²) in [6.07, 6.45) is 2.59. The summed E-state index contributed by atoms with van der Waals surface area (Å²) in [5.74, 6) is 1.66. The van der Waals surface area contributed by atoms with Gasteiger partial charge >= 0.3 is 0 Å². The fourth-order valence-corrected chi connectivity index (χ4v) is 4.15. The summed E-state index contributed by atoms with van der Waals surface area (Å²) in [6, 6.07) is 8.90. The maximum Gasteiger partial charge on any atom is 0.191 e. The van der Waals surface area contributed by atoms with Crippen LogP contribution in [0.2, 0.25) is 0 Å². The monoisotopic (exact) mass is 385 g/mol. The molecule has 0 saturated carbocycles. The van der Waals surface area contributed by atoms with Gasteiger partial charge in [-0.15, -0.1) is 11.3 Å². The maximum absolute atomic E-state index is 4.56. The Kier molecular flexibility index (Phi) is 6.72. The number of hydrogen-bond donors (Lipinski definition) is 2. The Balaban J connectivity index is 1.48. The van der Waals surface area contributed by atoms with Gasteiger partial charge in [-0.2, -0.15) is 0 Å². The molecule has 0 amide bonds. The molecule has 1 aromatic carbocycles. The van der Waals surface area contributed by atoms with Crippen molar-refractivity contribution in [1.29, 1.82) is 0 Å². The predicted octanol–water partition coefficient (Wildman–Crippen LogP) is 3.86. The lowest BCUT2D eigenvalue weighted by atomic mass is 9.99. The lowest BCUT2D eigenvalue weighted by molar-refractivity contribution is 0.438. The molecule has 1 aliphatic rings. The topological polar surface area (TPSA) is 52.6 Å². The number of aromatic nitrogens is 1. The number of nitrogens with one attached hydrogen (secondary N) is 2. The van der Waals surface area contributed by atoms with Crippen molar-refractivity contribution in [2.75, 3.05) is 25.0 Å². The molecule has 3 rings (SSSR count). The van der Waals surface area contributed by atoms with E-state index in [9.17, 15) is 0 Å². The summed E-state index contributed by atoms with van der Waals surface area (Å²) < 4.78 is 0. The van der Waals surface area contributed by atoms with E-state index in [0.29, 0.717) is 6.54 Å². The van der Waals surface area contributed by atoms with Crippen LogP contribution in [0.4, 0.5) is 5.69 Å². The van der Waals surface area contributed by atoms with Gasteiger partial charge in [0.2, 0.25) is 0 Å². The van der Waals surface area contributed by atoms with Gasteiger partial charge in [0.1, 0.15) is 5.01 Å². The molecule has 27 heavy (non-hydrogen) atoms. The Morgan fingerprint density at radius 2 is 1.81 bits per heavy atom. The number of hydrogen-bond acceptors (Lipinski definition) is 4. The number of rotatable bonds is 5. The first-order chi connectivity index (χ1) is 13.0. The molecule has 6 heteroatoms.